The number of hydrogen-bond acceptors (Lipinski definition) is 4. The van der Waals surface area contributed by atoms with E-state index in [4.69, 9.17) is 9.47 Å². The summed E-state index contributed by atoms with van der Waals surface area (Å²) in [6.45, 7) is 3.99. The highest BCUT2D eigenvalue weighted by Gasteiger charge is 2.51. The topological polar surface area (TPSA) is 67.9 Å². The van der Waals surface area contributed by atoms with E-state index in [9.17, 15) is 9.59 Å². The number of rotatable bonds is 6. The van der Waals surface area contributed by atoms with E-state index in [1.165, 1.54) is 4.90 Å². The number of carbonyl (C=O) groups is 2. The summed E-state index contributed by atoms with van der Waals surface area (Å²) in [4.78, 5) is 27.2. The number of imide groups is 1. The second kappa shape index (κ2) is 7.31. The summed E-state index contributed by atoms with van der Waals surface area (Å²) in [5.74, 6) is 0.938. The molecule has 0 spiro atoms. The second-order valence-electron chi connectivity index (χ2n) is 6.58. The zero-order valence-electron chi connectivity index (χ0n) is 16.0. The fourth-order valence-corrected chi connectivity index (χ4v) is 3.50. The summed E-state index contributed by atoms with van der Waals surface area (Å²) in [6.07, 6.45) is 0.475. The lowest BCUT2D eigenvalue weighted by atomic mass is 9.87. The molecule has 27 heavy (non-hydrogen) atoms. The SMILES string of the molecule is CC[C@]1(c2ccccc2)NC(=O)N(Cc2cc(OC)c(OC)cc2C)C1=O. The minimum Gasteiger partial charge on any atom is -0.493 e. The van der Waals surface area contributed by atoms with Crippen LogP contribution in [0.5, 0.6) is 11.5 Å². The Morgan fingerprint density at radius 3 is 2.26 bits per heavy atom. The number of hydrogen-bond donors (Lipinski definition) is 1. The van der Waals surface area contributed by atoms with Crippen LogP contribution in [0.2, 0.25) is 0 Å². The molecule has 0 unspecified atom stereocenters. The van der Waals surface area contributed by atoms with Gasteiger partial charge in [0.05, 0.1) is 20.8 Å². The van der Waals surface area contributed by atoms with Gasteiger partial charge in [-0.05, 0) is 42.2 Å². The van der Waals surface area contributed by atoms with Gasteiger partial charge in [0.2, 0.25) is 0 Å². The second-order valence-corrected chi connectivity index (χ2v) is 6.58. The third kappa shape index (κ3) is 3.12. The molecule has 1 atom stereocenters. The molecule has 3 amide bonds. The summed E-state index contributed by atoms with van der Waals surface area (Å²) in [5, 5.41) is 2.91. The molecular formula is C21H24N2O4. The molecule has 0 bridgehead atoms. The summed E-state index contributed by atoms with van der Waals surface area (Å²) < 4.78 is 10.7. The lowest BCUT2D eigenvalue weighted by Gasteiger charge is -2.26. The standard InChI is InChI=1S/C21H24N2O4/c1-5-21(16-9-7-6-8-10-16)19(24)23(20(25)22-21)13-15-12-18(27-4)17(26-3)11-14(15)2/h6-12H,5,13H2,1-4H3,(H,22,25)/t21-/m1/s1. The maximum atomic E-state index is 13.2. The number of aryl methyl sites for hydroxylation is 1. The van der Waals surface area contributed by atoms with Gasteiger partial charge in [-0.1, -0.05) is 37.3 Å². The molecule has 2 aromatic carbocycles. The van der Waals surface area contributed by atoms with Crippen LogP contribution in [0.3, 0.4) is 0 Å². The summed E-state index contributed by atoms with van der Waals surface area (Å²) in [7, 11) is 3.13. The fraction of sp³-hybridized carbons (Fsp3) is 0.333. The molecule has 142 valence electrons. The average Bonchev–Trinajstić information content (AvgIpc) is 2.94. The van der Waals surface area contributed by atoms with Crippen molar-refractivity contribution in [3.8, 4) is 11.5 Å². The van der Waals surface area contributed by atoms with Crippen molar-refractivity contribution in [1.29, 1.82) is 0 Å². The van der Waals surface area contributed by atoms with Crippen LogP contribution in [0.4, 0.5) is 4.79 Å². The molecule has 2 aromatic rings. The third-order valence-electron chi connectivity index (χ3n) is 5.14. The van der Waals surface area contributed by atoms with Crippen molar-refractivity contribution in [2.75, 3.05) is 14.2 Å². The Hall–Kier alpha value is -3.02. The van der Waals surface area contributed by atoms with E-state index in [-0.39, 0.29) is 18.5 Å². The van der Waals surface area contributed by atoms with Gasteiger partial charge in [-0.3, -0.25) is 9.69 Å². The smallest absolute Gasteiger partial charge is 0.325 e. The van der Waals surface area contributed by atoms with E-state index in [0.29, 0.717) is 17.9 Å². The summed E-state index contributed by atoms with van der Waals surface area (Å²) in [6, 6.07) is 12.6. The van der Waals surface area contributed by atoms with Crippen molar-refractivity contribution < 1.29 is 19.1 Å². The molecule has 1 aliphatic rings. The lowest BCUT2D eigenvalue weighted by Crippen LogP contribution is -2.43. The fourth-order valence-electron chi connectivity index (χ4n) is 3.50. The highest BCUT2D eigenvalue weighted by molar-refractivity contribution is 6.07. The van der Waals surface area contributed by atoms with Gasteiger partial charge in [-0.2, -0.15) is 0 Å². The van der Waals surface area contributed by atoms with Crippen LogP contribution in [-0.2, 0) is 16.9 Å². The Labute approximate surface area is 159 Å². The average molecular weight is 368 g/mol. The molecule has 0 saturated carbocycles. The van der Waals surface area contributed by atoms with Gasteiger partial charge >= 0.3 is 6.03 Å². The summed E-state index contributed by atoms with van der Waals surface area (Å²) in [5.41, 5.74) is 1.51. The molecule has 6 heteroatoms. The third-order valence-corrected chi connectivity index (χ3v) is 5.14. The molecule has 1 heterocycles. The monoisotopic (exact) mass is 368 g/mol. The summed E-state index contributed by atoms with van der Waals surface area (Å²) >= 11 is 0. The van der Waals surface area contributed by atoms with Crippen LogP contribution in [0.15, 0.2) is 42.5 Å². The molecule has 1 N–H and O–H groups in total. The molecule has 1 aliphatic heterocycles. The number of nitrogens with one attached hydrogen (secondary N) is 1. The molecule has 0 aliphatic carbocycles. The van der Waals surface area contributed by atoms with Crippen LogP contribution >= 0.6 is 0 Å². The predicted molar refractivity (Wildman–Crippen MR) is 102 cm³/mol. The molecule has 1 saturated heterocycles. The van der Waals surface area contributed by atoms with Crippen molar-refractivity contribution in [3.63, 3.8) is 0 Å². The van der Waals surface area contributed by atoms with Crippen molar-refractivity contribution >= 4 is 11.9 Å². The molecule has 6 nitrogen and oxygen atoms in total. The Morgan fingerprint density at radius 2 is 1.67 bits per heavy atom. The molecule has 3 rings (SSSR count). The first-order valence-corrected chi connectivity index (χ1v) is 8.88. The Balaban J connectivity index is 1.95. The van der Waals surface area contributed by atoms with Crippen molar-refractivity contribution in [3.05, 3.63) is 59.2 Å². The van der Waals surface area contributed by atoms with E-state index in [1.54, 1.807) is 14.2 Å². The molecule has 0 aromatic heterocycles. The highest BCUT2D eigenvalue weighted by atomic mass is 16.5. The number of amides is 3. The van der Waals surface area contributed by atoms with Crippen LogP contribution in [-0.4, -0.2) is 31.1 Å². The van der Waals surface area contributed by atoms with Crippen molar-refractivity contribution in [2.24, 2.45) is 0 Å². The maximum Gasteiger partial charge on any atom is 0.325 e. The van der Waals surface area contributed by atoms with Crippen LogP contribution in [0.1, 0.15) is 30.0 Å². The van der Waals surface area contributed by atoms with Crippen LogP contribution in [0, 0.1) is 6.92 Å². The number of nitrogens with zero attached hydrogens (tertiary/aromatic N) is 1. The van der Waals surface area contributed by atoms with Gasteiger partial charge in [0, 0.05) is 0 Å². The number of methoxy groups -OCH3 is 2. The van der Waals surface area contributed by atoms with E-state index in [0.717, 1.165) is 16.7 Å². The number of benzene rings is 2. The first-order valence-electron chi connectivity index (χ1n) is 8.88. The van der Waals surface area contributed by atoms with Gasteiger partial charge in [0.1, 0.15) is 5.54 Å². The van der Waals surface area contributed by atoms with Gasteiger partial charge in [0.15, 0.2) is 11.5 Å². The lowest BCUT2D eigenvalue weighted by molar-refractivity contribution is -0.132. The number of carbonyl (C=O) groups excluding carboxylic acids is 2. The minimum atomic E-state index is -1.02. The maximum absolute atomic E-state index is 13.2. The largest absolute Gasteiger partial charge is 0.493 e. The van der Waals surface area contributed by atoms with Crippen LogP contribution < -0.4 is 14.8 Å². The zero-order valence-corrected chi connectivity index (χ0v) is 16.0. The van der Waals surface area contributed by atoms with E-state index in [1.807, 2.05) is 56.3 Å². The molecule has 1 fully saturated rings. The van der Waals surface area contributed by atoms with Gasteiger partial charge < -0.3 is 14.8 Å². The van der Waals surface area contributed by atoms with Crippen molar-refractivity contribution in [2.45, 2.75) is 32.4 Å². The Bertz CT molecular complexity index is 866. The number of urea groups is 1. The van der Waals surface area contributed by atoms with Crippen molar-refractivity contribution in [1.82, 2.24) is 10.2 Å². The van der Waals surface area contributed by atoms with Gasteiger partial charge in [0.25, 0.3) is 5.91 Å². The normalized spacial score (nSPS) is 19.2. The van der Waals surface area contributed by atoms with E-state index >= 15 is 0 Å². The Kier molecular flexibility index (Phi) is 5.08. The van der Waals surface area contributed by atoms with Crippen LogP contribution in [0.25, 0.3) is 0 Å². The first-order chi connectivity index (χ1) is 13.0. The quantitative estimate of drug-likeness (QED) is 0.794. The predicted octanol–water partition coefficient (Wildman–Crippen LogP) is 3.37. The van der Waals surface area contributed by atoms with E-state index in [2.05, 4.69) is 5.32 Å². The minimum absolute atomic E-state index is 0.172. The molecular weight excluding hydrogens is 344 g/mol. The Morgan fingerprint density at radius 1 is 1.04 bits per heavy atom. The van der Waals surface area contributed by atoms with Gasteiger partial charge in [-0.25, -0.2) is 4.79 Å². The highest BCUT2D eigenvalue weighted by Crippen LogP contribution is 2.35. The first kappa shape index (κ1) is 18.8. The molecule has 0 radical (unpaired) electrons. The van der Waals surface area contributed by atoms with Gasteiger partial charge in [-0.15, -0.1) is 0 Å². The van der Waals surface area contributed by atoms with E-state index < -0.39 is 5.54 Å². The number of ether oxygens (including phenoxy) is 2. The zero-order chi connectivity index (χ0) is 19.6.